The molecule has 3 aromatic rings. The van der Waals surface area contributed by atoms with Crippen molar-refractivity contribution >= 4 is 28.4 Å². The molecular weight excluding hydrogens is 376 g/mol. The molecule has 9 heteroatoms. The molecule has 142 valence electrons. The molecule has 2 aromatic heterocycles. The van der Waals surface area contributed by atoms with Crippen LogP contribution in [0.25, 0.3) is 0 Å². The first kappa shape index (κ1) is 18.1. The largest absolute Gasteiger partial charge is 0.334 e. The Kier molecular flexibility index (Phi) is 5.24. The zero-order valence-corrected chi connectivity index (χ0v) is 15.8. The summed E-state index contributed by atoms with van der Waals surface area (Å²) < 4.78 is 0. The van der Waals surface area contributed by atoms with Gasteiger partial charge in [0.25, 0.3) is 5.91 Å². The number of benzene rings is 1. The molecule has 0 unspecified atom stereocenters. The van der Waals surface area contributed by atoms with Gasteiger partial charge in [0, 0.05) is 36.8 Å². The van der Waals surface area contributed by atoms with Crippen molar-refractivity contribution in [2.24, 2.45) is 0 Å². The van der Waals surface area contributed by atoms with Crippen LogP contribution in [-0.2, 0) is 19.5 Å². The molecule has 0 spiro atoms. The number of rotatable bonds is 4. The van der Waals surface area contributed by atoms with Gasteiger partial charge in [-0.25, -0.2) is 14.8 Å². The number of anilines is 1. The van der Waals surface area contributed by atoms with Crippen LogP contribution >= 0.6 is 11.3 Å². The number of hydrogen-bond donors (Lipinski definition) is 2. The molecule has 3 amide bonds. The predicted molar refractivity (Wildman–Crippen MR) is 105 cm³/mol. The van der Waals surface area contributed by atoms with E-state index in [9.17, 15) is 9.59 Å². The molecule has 1 aliphatic heterocycles. The summed E-state index contributed by atoms with van der Waals surface area (Å²) in [5, 5.41) is 6.21. The number of hydrogen-bond acceptors (Lipinski definition) is 6. The van der Waals surface area contributed by atoms with Crippen LogP contribution in [0.15, 0.2) is 48.9 Å². The highest BCUT2D eigenvalue weighted by Crippen LogP contribution is 2.28. The molecule has 28 heavy (non-hydrogen) atoms. The summed E-state index contributed by atoms with van der Waals surface area (Å²) in [5.41, 5.74) is 2.21. The third-order valence-corrected chi connectivity index (χ3v) is 5.32. The second-order valence-corrected chi connectivity index (χ2v) is 7.33. The monoisotopic (exact) mass is 394 g/mol. The van der Waals surface area contributed by atoms with Crippen LogP contribution in [0.5, 0.6) is 0 Å². The van der Waals surface area contributed by atoms with Crippen molar-refractivity contribution in [1.29, 1.82) is 0 Å². The number of thiazole rings is 1. The topological polar surface area (TPSA) is 100 Å². The lowest BCUT2D eigenvalue weighted by molar-refractivity contribution is 0.102. The molecule has 4 rings (SSSR count). The first-order valence-corrected chi connectivity index (χ1v) is 9.63. The summed E-state index contributed by atoms with van der Waals surface area (Å²) in [6, 6.07) is 9.69. The minimum Gasteiger partial charge on any atom is -0.334 e. The highest BCUT2D eigenvalue weighted by atomic mass is 32.1. The highest BCUT2D eigenvalue weighted by Gasteiger charge is 2.24. The minimum atomic E-state index is -0.350. The Balaban J connectivity index is 1.36. The number of nitrogens with one attached hydrogen (secondary N) is 2. The number of amides is 3. The van der Waals surface area contributed by atoms with E-state index in [0.717, 1.165) is 16.1 Å². The zero-order valence-electron chi connectivity index (χ0n) is 15.0. The van der Waals surface area contributed by atoms with Crippen LogP contribution in [0.1, 0.15) is 26.6 Å². The van der Waals surface area contributed by atoms with Gasteiger partial charge in [-0.05, 0) is 5.56 Å². The Labute approximate surface area is 165 Å². The van der Waals surface area contributed by atoms with Crippen molar-refractivity contribution in [3.05, 3.63) is 70.8 Å². The molecule has 0 aliphatic carbocycles. The number of nitrogens with zero attached hydrogens (tertiary/aromatic N) is 4. The summed E-state index contributed by atoms with van der Waals surface area (Å²) in [5.74, 6) is -0.350. The SMILES string of the molecule is O=C(Nc1nc2c(s1)CN(C(=O)NCc1ccccc1)CC2)c1cnccn1. The van der Waals surface area contributed by atoms with Crippen molar-refractivity contribution in [3.8, 4) is 0 Å². The van der Waals surface area contributed by atoms with Crippen LogP contribution in [0.4, 0.5) is 9.93 Å². The Hall–Kier alpha value is -3.33. The third-order valence-electron chi connectivity index (χ3n) is 4.32. The molecule has 2 N–H and O–H groups in total. The molecular formula is C19H18N6O2S. The number of fused-ring (bicyclic) bond motifs is 1. The van der Waals surface area contributed by atoms with E-state index in [0.29, 0.717) is 31.2 Å². The molecule has 0 saturated carbocycles. The van der Waals surface area contributed by atoms with Crippen molar-refractivity contribution < 1.29 is 9.59 Å². The number of carbonyl (C=O) groups excluding carboxylic acids is 2. The smallest absolute Gasteiger partial charge is 0.318 e. The fraction of sp³-hybridized carbons (Fsp3) is 0.211. The Morgan fingerprint density at radius 3 is 2.82 bits per heavy atom. The van der Waals surface area contributed by atoms with Gasteiger partial charge in [0.05, 0.1) is 18.4 Å². The van der Waals surface area contributed by atoms with Gasteiger partial charge in [0.2, 0.25) is 0 Å². The highest BCUT2D eigenvalue weighted by molar-refractivity contribution is 7.15. The standard InChI is InChI=1S/C19H18N6O2S/c26-17(15-11-20-7-8-21-15)24-18-23-14-6-9-25(12-16(14)28-18)19(27)22-10-13-4-2-1-3-5-13/h1-5,7-8,11H,6,9-10,12H2,(H,22,27)(H,23,24,26). The maximum absolute atomic E-state index is 12.5. The van der Waals surface area contributed by atoms with Crippen molar-refractivity contribution in [2.75, 3.05) is 11.9 Å². The van der Waals surface area contributed by atoms with E-state index in [1.54, 1.807) is 4.90 Å². The Bertz CT molecular complexity index is 977. The normalized spacial score (nSPS) is 12.9. The fourth-order valence-electron chi connectivity index (χ4n) is 2.89. The van der Waals surface area contributed by atoms with E-state index in [4.69, 9.17) is 0 Å². The van der Waals surface area contributed by atoms with Gasteiger partial charge in [-0.3, -0.25) is 15.1 Å². The minimum absolute atomic E-state index is 0.104. The Morgan fingerprint density at radius 1 is 1.18 bits per heavy atom. The quantitative estimate of drug-likeness (QED) is 0.708. The summed E-state index contributed by atoms with van der Waals surface area (Å²) >= 11 is 1.38. The van der Waals surface area contributed by atoms with Crippen LogP contribution in [-0.4, -0.2) is 38.3 Å². The van der Waals surface area contributed by atoms with Crippen LogP contribution in [0.3, 0.4) is 0 Å². The van der Waals surface area contributed by atoms with E-state index in [-0.39, 0.29) is 17.6 Å². The van der Waals surface area contributed by atoms with E-state index in [1.807, 2.05) is 30.3 Å². The lowest BCUT2D eigenvalue weighted by Crippen LogP contribution is -2.42. The van der Waals surface area contributed by atoms with Gasteiger partial charge < -0.3 is 10.2 Å². The maximum Gasteiger partial charge on any atom is 0.318 e. The fourth-order valence-corrected chi connectivity index (χ4v) is 3.90. The van der Waals surface area contributed by atoms with Gasteiger partial charge in [0.15, 0.2) is 5.13 Å². The molecule has 0 fully saturated rings. The van der Waals surface area contributed by atoms with Gasteiger partial charge in [-0.1, -0.05) is 41.7 Å². The summed E-state index contributed by atoms with van der Waals surface area (Å²) in [6.07, 6.45) is 5.04. The van der Waals surface area contributed by atoms with Gasteiger partial charge in [-0.15, -0.1) is 0 Å². The van der Waals surface area contributed by atoms with E-state index < -0.39 is 0 Å². The van der Waals surface area contributed by atoms with Crippen LogP contribution < -0.4 is 10.6 Å². The molecule has 0 atom stereocenters. The summed E-state index contributed by atoms with van der Waals surface area (Å²) in [4.78, 5) is 39.8. The predicted octanol–water partition coefficient (Wildman–Crippen LogP) is 2.45. The summed E-state index contributed by atoms with van der Waals surface area (Å²) in [6.45, 7) is 1.56. The maximum atomic E-state index is 12.5. The van der Waals surface area contributed by atoms with Crippen molar-refractivity contribution in [3.63, 3.8) is 0 Å². The third kappa shape index (κ3) is 4.15. The van der Waals surface area contributed by atoms with Crippen LogP contribution in [0.2, 0.25) is 0 Å². The number of aromatic nitrogens is 3. The average molecular weight is 394 g/mol. The first-order valence-electron chi connectivity index (χ1n) is 8.81. The van der Waals surface area contributed by atoms with Crippen molar-refractivity contribution in [2.45, 2.75) is 19.5 Å². The van der Waals surface area contributed by atoms with Gasteiger partial charge >= 0.3 is 6.03 Å². The molecule has 0 bridgehead atoms. The first-order chi connectivity index (χ1) is 13.7. The van der Waals surface area contributed by atoms with E-state index >= 15 is 0 Å². The molecule has 1 aliphatic rings. The lowest BCUT2D eigenvalue weighted by atomic mass is 10.2. The van der Waals surface area contributed by atoms with Gasteiger partial charge in [0.1, 0.15) is 5.69 Å². The summed E-state index contributed by atoms with van der Waals surface area (Å²) in [7, 11) is 0. The lowest BCUT2D eigenvalue weighted by Gasteiger charge is -2.26. The Morgan fingerprint density at radius 2 is 2.04 bits per heavy atom. The molecule has 0 radical (unpaired) electrons. The number of carbonyl (C=O) groups is 2. The van der Waals surface area contributed by atoms with Gasteiger partial charge in [-0.2, -0.15) is 0 Å². The second kappa shape index (κ2) is 8.13. The molecule has 8 nitrogen and oxygen atoms in total. The van der Waals surface area contributed by atoms with E-state index in [1.165, 1.54) is 29.9 Å². The van der Waals surface area contributed by atoms with Crippen LogP contribution in [0, 0.1) is 0 Å². The van der Waals surface area contributed by atoms with Crippen molar-refractivity contribution in [1.82, 2.24) is 25.2 Å². The molecule has 0 saturated heterocycles. The average Bonchev–Trinajstić information content (AvgIpc) is 3.14. The second-order valence-electron chi connectivity index (χ2n) is 6.25. The number of urea groups is 1. The zero-order chi connectivity index (χ0) is 19.3. The molecule has 1 aromatic carbocycles. The van der Waals surface area contributed by atoms with E-state index in [2.05, 4.69) is 25.6 Å². The molecule has 3 heterocycles.